The van der Waals surface area contributed by atoms with Crippen LogP contribution in [0.4, 0.5) is 0 Å². The van der Waals surface area contributed by atoms with Crippen molar-refractivity contribution in [2.75, 3.05) is 12.4 Å². The first-order valence-electron chi connectivity index (χ1n) is 9.26. The number of carbonyl (C=O) groups excluding carboxylic acids is 1. The van der Waals surface area contributed by atoms with Gasteiger partial charge >= 0.3 is 0 Å². The number of rotatable bonds is 8. The maximum absolute atomic E-state index is 12.3. The quantitative estimate of drug-likeness (QED) is 0.692. The van der Waals surface area contributed by atoms with Gasteiger partial charge in [0.25, 0.3) is 0 Å². The minimum atomic E-state index is -0.0671. The van der Waals surface area contributed by atoms with Crippen LogP contribution in [-0.2, 0) is 17.8 Å². The Kier molecular flexibility index (Phi) is 5.20. The van der Waals surface area contributed by atoms with E-state index in [2.05, 4.69) is 20.8 Å². The Morgan fingerprint density at radius 2 is 2.30 bits per heavy atom. The van der Waals surface area contributed by atoms with E-state index in [0.717, 1.165) is 41.9 Å². The summed E-state index contributed by atoms with van der Waals surface area (Å²) in [6.45, 7) is 4.98. The molecule has 8 nitrogen and oxygen atoms in total. The number of aromatic nitrogens is 4. The molecule has 144 valence electrons. The number of ether oxygens (including phenoxy) is 2. The molecular formula is C18H23N5O3S. The van der Waals surface area contributed by atoms with E-state index in [4.69, 9.17) is 9.47 Å². The molecule has 0 bridgehead atoms. The second-order valence-corrected chi connectivity index (χ2v) is 7.78. The topological polar surface area (TPSA) is 91.2 Å². The summed E-state index contributed by atoms with van der Waals surface area (Å²) < 4.78 is 13.4. The lowest BCUT2D eigenvalue weighted by Crippen LogP contribution is -2.25. The third kappa shape index (κ3) is 4.18. The van der Waals surface area contributed by atoms with Crippen molar-refractivity contribution in [3.05, 3.63) is 23.3 Å². The fourth-order valence-corrected chi connectivity index (χ4v) is 3.89. The highest BCUT2D eigenvalue weighted by molar-refractivity contribution is 7.99. The monoisotopic (exact) mass is 389 g/mol. The minimum absolute atomic E-state index is 0.0671. The van der Waals surface area contributed by atoms with E-state index in [9.17, 15) is 4.79 Å². The highest BCUT2D eigenvalue weighted by atomic mass is 32.2. The van der Waals surface area contributed by atoms with Crippen LogP contribution in [0.1, 0.15) is 43.9 Å². The molecule has 0 radical (unpaired) electrons. The fourth-order valence-electron chi connectivity index (χ4n) is 3.11. The van der Waals surface area contributed by atoms with E-state index in [1.807, 2.05) is 30.7 Å². The van der Waals surface area contributed by atoms with Crippen molar-refractivity contribution < 1.29 is 14.3 Å². The molecule has 0 saturated heterocycles. The molecule has 2 aliphatic rings. The zero-order chi connectivity index (χ0) is 18.8. The average molecular weight is 389 g/mol. The number of tetrazole rings is 1. The fraction of sp³-hybridized carbons (Fsp3) is 0.556. The summed E-state index contributed by atoms with van der Waals surface area (Å²) in [5, 5.41) is 15.4. The van der Waals surface area contributed by atoms with E-state index in [1.165, 1.54) is 11.8 Å². The lowest BCUT2D eigenvalue weighted by Gasteiger charge is -2.13. The Hall–Kier alpha value is -2.29. The molecule has 1 aliphatic carbocycles. The second-order valence-electron chi connectivity index (χ2n) is 6.84. The van der Waals surface area contributed by atoms with Crippen molar-refractivity contribution in [3.63, 3.8) is 0 Å². The first-order valence-corrected chi connectivity index (χ1v) is 10.2. The predicted molar refractivity (Wildman–Crippen MR) is 100 cm³/mol. The normalized spacial score (nSPS) is 18.1. The average Bonchev–Trinajstić information content (AvgIpc) is 3.27. The summed E-state index contributed by atoms with van der Waals surface area (Å²) in [6, 6.07) is 4.40. The molecule has 1 amide bonds. The van der Waals surface area contributed by atoms with E-state index < -0.39 is 0 Å². The first kappa shape index (κ1) is 18.1. The van der Waals surface area contributed by atoms with Gasteiger partial charge in [0, 0.05) is 24.1 Å². The number of amides is 1. The van der Waals surface area contributed by atoms with Gasteiger partial charge in [-0.1, -0.05) is 11.8 Å². The van der Waals surface area contributed by atoms with Crippen LogP contribution in [0.2, 0.25) is 0 Å². The van der Waals surface area contributed by atoms with Gasteiger partial charge in [-0.3, -0.25) is 4.79 Å². The smallest absolute Gasteiger partial charge is 0.230 e. The molecule has 1 aromatic carbocycles. The minimum Gasteiger partial charge on any atom is -0.494 e. The summed E-state index contributed by atoms with van der Waals surface area (Å²) >= 11 is 1.36. The second kappa shape index (κ2) is 7.75. The van der Waals surface area contributed by atoms with Crippen LogP contribution in [0.3, 0.4) is 0 Å². The van der Waals surface area contributed by atoms with Gasteiger partial charge in [0.05, 0.1) is 18.4 Å². The van der Waals surface area contributed by atoms with Crippen molar-refractivity contribution in [1.82, 2.24) is 25.5 Å². The van der Waals surface area contributed by atoms with E-state index >= 15 is 0 Å². The molecule has 1 N–H and O–H groups in total. The number of benzene rings is 1. The zero-order valence-electron chi connectivity index (χ0n) is 15.5. The van der Waals surface area contributed by atoms with Gasteiger partial charge in [0.15, 0.2) is 0 Å². The molecule has 4 rings (SSSR count). The summed E-state index contributed by atoms with van der Waals surface area (Å²) in [7, 11) is 0. The van der Waals surface area contributed by atoms with Crippen LogP contribution < -0.4 is 14.8 Å². The Labute approximate surface area is 162 Å². The Morgan fingerprint density at radius 3 is 3.07 bits per heavy atom. The van der Waals surface area contributed by atoms with Crippen LogP contribution >= 0.6 is 11.8 Å². The lowest BCUT2D eigenvalue weighted by atomic mass is 10.1. The summed E-state index contributed by atoms with van der Waals surface area (Å²) in [6.07, 6.45) is 3.26. The summed E-state index contributed by atoms with van der Waals surface area (Å²) in [5.74, 6) is 1.89. The van der Waals surface area contributed by atoms with E-state index in [1.54, 1.807) is 0 Å². The molecule has 1 saturated carbocycles. The highest BCUT2D eigenvalue weighted by Crippen LogP contribution is 2.36. The summed E-state index contributed by atoms with van der Waals surface area (Å²) in [4.78, 5) is 12.3. The number of hydrogen-bond donors (Lipinski definition) is 1. The van der Waals surface area contributed by atoms with Crippen LogP contribution in [0.25, 0.3) is 0 Å². The highest BCUT2D eigenvalue weighted by Gasteiger charge is 2.28. The molecule has 1 fully saturated rings. The maximum atomic E-state index is 12.3. The SMILES string of the molecule is CCOc1cc2c(cc1CNC(=O)CSc1nnnn1C1CC1)O[C@H](C)C2. The summed E-state index contributed by atoms with van der Waals surface area (Å²) in [5.41, 5.74) is 2.08. The Bertz CT molecular complexity index is 836. The van der Waals surface area contributed by atoms with Crippen molar-refractivity contribution in [2.24, 2.45) is 0 Å². The van der Waals surface area contributed by atoms with Gasteiger partial charge in [0.1, 0.15) is 17.6 Å². The third-order valence-corrected chi connectivity index (χ3v) is 5.48. The zero-order valence-corrected chi connectivity index (χ0v) is 16.3. The van der Waals surface area contributed by atoms with Gasteiger partial charge < -0.3 is 14.8 Å². The van der Waals surface area contributed by atoms with Gasteiger partial charge in [0.2, 0.25) is 11.1 Å². The molecule has 1 aliphatic heterocycles. The number of nitrogens with zero attached hydrogens (tertiary/aromatic N) is 4. The van der Waals surface area contributed by atoms with Crippen molar-refractivity contribution in [2.45, 2.75) is 57.0 Å². The van der Waals surface area contributed by atoms with Crippen molar-refractivity contribution in [1.29, 1.82) is 0 Å². The van der Waals surface area contributed by atoms with E-state index in [0.29, 0.717) is 24.3 Å². The van der Waals surface area contributed by atoms with Crippen LogP contribution in [0.15, 0.2) is 17.3 Å². The number of fused-ring (bicyclic) bond motifs is 1. The number of hydrogen-bond acceptors (Lipinski definition) is 7. The standard InChI is InChI=1S/C18H23N5O3S/c1-3-25-15-7-12-6-11(2)26-16(12)8-13(15)9-19-17(24)10-27-18-20-21-22-23(18)14-4-5-14/h7-8,11,14H,3-6,9-10H2,1-2H3,(H,19,24)/t11-/m1/s1. The molecule has 1 aromatic heterocycles. The van der Waals surface area contributed by atoms with Gasteiger partial charge in [-0.25, -0.2) is 4.68 Å². The largest absolute Gasteiger partial charge is 0.494 e. The van der Waals surface area contributed by atoms with Crippen LogP contribution in [-0.4, -0.2) is 44.6 Å². The Morgan fingerprint density at radius 1 is 1.44 bits per heavy atom. The number of nitrogens with one attached hydrogen (secondary N) is 1. The molecule has 0 spiro atoms. The Balaban J connectivity index is 1.35. The first-order chi connectivity index (χ1) is 13.1. The molecule has 27 heavy (non-hydrogen) atoms. The molecular weight excluding hydrogens is 366 g/mol. The molecule has 9 heteroatoms. The van der Waals surface area contributed by atoms with Crippen molar-refractivity contribution >= 4 is 17.7 Å². The third-order valence-electron chi connectivity index (χ3n) is 4.54. The molecule has 2 aromatic rings. The maximum Gasteiger partial charge on any atom is 0.230 e. The van der Waals surface area contributed by atoms with E-state index in [-0.39, 0.29) is 17.8 Å². The van der Waals surface area contributed by atoms with Gasteiger partial charge in [-0.2, -0.15) is 0 Å². The molecule has 0 unspecified atom stereocenters. The predicted octanol–water partition coefficient (Wildman–Crippen LogP) is 2.14. The number of thioether (sulfide) groups is 1. The van der Waals surface area contributed by atoms with Crippen molar-refractivity contribution in [3.8, 4) is 11.5 Å². The molecule has 1 atom stereocenters. The van der Waals surface area contributed by atoms with Gasteiger partial charge in [-0.15, -0.1) is 5.10 Å². The lowest BCUT2D eigenvalue weighted by molar-refractivity contribution is -0.118. The van der Waals surface area contributed by atoms with Crippen LogP contribution in [0, 0.1) is 0 Å². The van der Waals surface area contributed by atoms with Gasteiger partial charge in [-0.05, 0) is 49.2 Å². The van der Waals surface area contributed by atoms with Crippen LogP contribution in [0.5, 0.6) is 11.5 Å². The number of carbonyl (C=O) groups is 1. The molecule has 2 heterocycles.